The fourth-order valence-electron chi connectivity index (χ4n) is 0. The summed E-state index contributed by atoms with van der Waals surface area (Å²) < 4.78 is 0. The van der Waals surface area contributed by atoms with Crippen molar-refractivity contribution in [2.24, 2.45) is 5.73 Å². The number of aliphatic carboxylic acids is 6. The molecule has 0 atom stereocenters. The van der Waals surface area contributed by atoms with Crippen molar-refractivity contribution < 1.29 is 59.4 Å². The van der Waals surface area contributed by atoms with Gasteiger partial charge in [-0.2, -0.15) is 0 Å². The molecule has 0 rings (SSSR count). The predicted octanol–water partition coefficient (Wildman–Crippen LogP) is -0.516. The number of carboxylic acid groups (broad SMARTS) is 6. The largest absolute Gasteiger partial charge is 0.481 e. The molecule has 13 nitrogen and oxygen atoms in total. The number of rotatable bonds is 1. The van der Waals surface area contributed by atoms with Crippen LogP contribution in [0.4, 0.5) is 0 Å². The van der Waals surface area contributed by atoms with E-state index in [9.17, 15) is 4.79 Å². The van der Waals surface area contributed by atoms with Gasteiger partial charge in [-0.05, 0) is 0 Å². The van der Waals surface area contributed by atoms with Crippen LogP contribution in [0.25, 0.3) is 0 Å². The van der Waals surface area contributed by atoms with Gasteiger partial charge in [0.05, 0.1) is 6.54 Å². The number of hydrogen-bond donors (Lipinski definition) is 7. The molecular formula is C12H25NO12. The zero-order chi connectivity index (χ0) is 22.2. The minimum atomic E-state index is -0.968. The van der Waals surface area contributed by atoms with Gasteiger partial charge >= 0.3 is 5.97 Å². The van der Waals surface area contributed by atoms with Crippen molar-refractivity contribution in [3.05, 3.63) is 0 Å². The third-order valence-corrected chi connectivity index (χ3v) is 0.175. The molecule has 0 spiro atoms. The molecule has 0 fully saturated rings. The maximum Gasteiger partial charge on any atom is 0.317 e. The molecule has 150 valence electrons. The first kappa shape index (κ1) is 37.8. The van der Waals surface area contributed by atoms with Gasteiger partial charge in [-0.15, -0.1) is 0 Å². The van der Waals surface area contributed by atoms with Crippen LogP contribution in [0.2, 0.25) is 0 Å². The summed E-state index contributed by atoms with van der Waals surface area (Å²) in [5.74, 6) is -5.13. The molecule has 0 aliphatic carbocycles. The van der Waals surface area contributed by atoms with Gasteiger partial charge in [-0.25, -0.2) is 0 Å². The Morgan fingerprint density at radius 3 is 0.560 bits per heavy atom. The third kappa shape index (κ3) is 4920. The van der Waals surface area contributed by atoms with E-state index in [0.29, 0.717) is 0 Å². The van der Waals surface area contributed by atoms with Crippen molar-refractivity contribution >= 4 is 35.8 Å². The molecule has 0 saturated heterocycles. The fourth-order valence-corrected chi connectivity index (χ4v) is 0. The van der Waals surface area contributed by atoms with E-state index >= 15 is 0 Å². The summed E-state index contributed by atoms with van der Waals surface area (Å²) in [4.78, 5) is 54.2. The van der Waals surface area contributed by atoms with Crippen molar-refractivity contribution in [2.75, 3.05) is 6.54 Å². The first-order valence-corrected chi connectivity index (χ1v) is 5.83. The topological polar surface area (TPSA) is 250 Å². The van der Waals surface area contributed by atoms with Gasteiger partial charge in [0.15, 0.2) is 0 Å². The van der Waals surface area contributed by atoms with Gasteiger partial charge in [0.1, 0.15) is 0 Å². The highest BCUT2D eigenvalue weighted by Gasteiger charge is 1.81. The van der Waals surface area contributed by atoms with E-state index in [0.717, 1.165) is 34.6 Å². The van der Waals surface area contributed by atoms with Gasteiger partial charge in [0.25, 0.3) is 29.8 Å². The average molecular weight is 375 g/mol. The lowest BCUT2D eigenvalue weighted by atomic mass is 10.7. The predicted molar refractivity (Wildman–Crippen MR) is 83.2 cm³/mol. The zero-order valence-electron chi connectivity index (χ0n) is 14.4. The van der Waals surface area contributed by atoms with E-state index in [1.54, 1.807) is 0 Å². The first-order valence-electron chi connectivity index (χ1n) is 5.83. The standard InChI is InChI=1S/C2H5NO2.5C2H4O2/c3-1-2(4)5;5*1-2(3)4/h1,3H2,(H,4,5);5*1H3,(H,3,4). The molecule has 13 heteroatoms. The summed E-state index contributed by atoms with van der Waals surface area (Å²) in [6, 6.07) is 0. The van der Waals surface area contributed by atoms with Crippen molar-refractivity contribution in [2.45, 2.75) is 34.6 Å². The molecule has 0 unspecified atom stereocenters. The number of nitrogens with two attached hydrogens (primary N) is 1. The normalized spacial score (nSPS) is 6.48. The fraction of sp³-hybridized carbons (Fsp3) is 0.500. The van der Waals surface area contributed by atoms with Crippen LogP contribution >= 0.6 is 0 Å². The maximum atomic E-state index is 9.24. The smallest absolute Gasteiger partial charge is 0.317 e. The molecule has 0 saturated carbocycles. The minimum Gasteiger partial charge on any atom is -0.481 e. The van der Waals surface area contributed by atoms with Gasteiger partial charge in [-0.3, -0.25) is 28.8 Å². The Hall–Kier alpha value is -3.22. The molecule has 25 heavy (non-hydrogen) atoms. The van der Waals surface area contributed by atoms with Crippen LogP contribution in [-0.4, -0.2) is 73.0 Å². The first-order chi connectivity index (χ1) is 10.9. The summed E-state index contributed by atoms with van der Waals surface area (Å²) in [6.45, 7) is 5.14. The van der Waals surface area contributed by atoms with E-state index in [1.165, 1.54) is 0 Å². The second-order valence-electron chi connectivity index (χ2n) is 3.19. The number of hydrogen-bond acceptors (Lipinski definition) is 7. The maximum absolute atomic E-state index is 9.24. The zero-order valence-corrected chi connectivity index (χ0v) is 14.4. The van der Waals surface area contributed by atoms with Crippen molar-refractivity contribution in [1.82, 2.24) is 0 Å². The van der Waals surface area contributed by atoms with Gasteiger partial charge < -0.3 is 36.4 Å². The molecule has 0 aromatic rings. The van der Waals surface area contributed by atoms with Gasteiger partial charge in [0, 0.05) is 34.6 Å². The second kappa shape index (κ2) is 32.7. The molecular weight excluding hydrogens is 350 g/mol. The Morgan fingerprint density at radius 2 is 0.560 bits per heavy atom. The van der Waals surface area contributed by atoms with Crippen LogP contribution in [0.5, 0.6) is 0 Å². The number of carboxylic acids is 6. The summed E-state index contributed by atoms with van der Waals surface area (Å²) in [6.07, 6.45) is 0. The van der Waals surface area contributed by atoms with E-state index < -0.39 is 35.8 Å². The van der Waals surface area contributed by atoms with Crippen molar-refractivity contribution in [1.29, 1.82) is 0 Å². The minimum absolute atomic E-state index is 0.278. The van der Waals surface area contributed by atoms with Crippen LogP contribution in [0.15, 0.2) is 0 Å². The molecule has 0 amide bonds. The summed E-state index contributed by atoms with van der Waals surface area (Å²) >= 11 is 0. The van der Waals surface area contributed by atoms with Crippen molar-refractivity contribution in [3.63, 3.8) is 0 Å². The third-order valence-electron chi connectivity index (χ3n) is 0.175. The van der Waals surface area contributed by atoms with Crippen molar-refractivity contribution in [3.8, 4) is 0 Å². The Bertz CT molecular complexity index is 302. The highest BCUT2D eigenvalue weighted by atomic mass is 16.4. The molecule has 0 heterocycles. The quantitative estimate of drug-likeness (QED) is 0.305. The molecule has 0 aliphatic rings. The summed E-state index contributed by atoms with van der Waals surface area (Å²) in [5.41, 5.74) is 4.57. The monoisotopic (exact) mass is 375 g/mol. The lowest BCUT2D eigenvalue weighted by Crippen LogP contribution is -2.10. The molecule has 0 radical (unpaired) electrons. The molecule has 8 N–H and O–H groups in total. The van der Waals surface area contributed by atoms with E-state index in [1.807, 2.05) is 0 Å². The van der Waals surface area contributed by atoms with Crippen LogP contribution in [0.1, 0.15) is 34.6 Å². The molecule has 0 aliphatic heterocycles. The number of carbonyl (C=O) groups is 6. The Morgan fingerprint density at radius 1 is 0.520 bits per heavy atom. The van der Waals surface area contributed by atoms with Crippen LogP contribution in [-0.2, 0) is 28.8 Å². The van der Waals surface area contributed by atoms with Crippen LogP contribution in [0.3, 0.4) is 0 Å². The SMILES string of the molecule is CC(=O)O.CC(=O)O.CC(=O)O.CC(=O)O.CC(=O)O.NCC(=O)O. The van der Waals surface area contributed by atoms with E-state index in [4.69, 9.17) is 54.6 Å². The summed E-state index contributed by atoms with van der Waals surface area (Å²) in [7, 11) is 0. The average Bonchev–Trinajstić information content (AvgIpc) is 2.24. The van der Waals surface area contributed by atoms with Crippen LogP contribution in [0, 0.1) is 0 Å². The van der Waals surface area contributed by atoms with Gasteiger partial charge in [-0.1, -0.05) is 0 Å². The Labute approximate surface area is 143 Å². The lowest BCUT2D eigenvalue weighted by molar-refractivity contribution is -0.136. The summed E-state index contributed by atoms with van der Waals surface area (Å²) in [5, 5.41) is 44.7. The molecule has 0 aromatic heterocycles. The lowest BCUT2D eigenvalue weighted by Gasteiger charge is -1.73. The highest BCUT2D eigenvalue weighted by molar-refractivity contribution is 5.68. The molecule has 0 bridgehead atoms. The van der Waals surface area contributed by atoms with Crippen LogP contribution < -0.4 is 5.73 Å². The van der Waals surface area contributed by atoms with E-state index in [2.05, 4.69) is 5.73 Å². The molecule has 0 aromatic carbocycles. The Balaban J connectivity index is -0.0000000434. The van der Waals surface area contributed by atoms with E-state index in [-0.39, 0.29) is 6.54 Å². The van der Waals surface area contributed by atoms with Gasteiger partial charge in [0.2, 0.25) is 0 Å². The Kier molecular flexibility index (Phi) is 49.3. The highest BCUT2D eigenvalue weighted by Crippen LogP contribution is 1.44. The second-order valence-corrected chi connectivity index (χ2v) is 3.19.